The molecule has 6 heteroatoms. The maximum Gasteiger partial charge on any atom is 0.251 e. The van der Waals surface area contributed by atoms with Crippen molar-refractivity contribution in [2.24, 2.45) is 0 Å². The summed E-state index contributed by atoms with van der Waals surface area (Å²) in [7, 11) is 1.65. The topological polar surface area (TPSA) is 76.1 Å². The third kappa shape index (κ3) is 5.37. The lowest BCUT2D eigenvalue weighted by molar-refractivity contribution is 0.0948. The monoisotopic (exact) mass is 376 g/mol. The number of amides is 1. The molecule has 3 aromatic rings. The van der Waals surface area contributed by atoms with Crippen molar-refractivity contribution in [2.75, 3.05) is 25.6 Å². The minimum Gasteiger partial charge on any atom is -0.385 e. The molecule has 2 N–H and O–H groups in total. The van der Waals surface area contributed by atoms with Crippen LogP contribution in [0.4, 0.5) is 11.5 Å². The molecule has 2 aromatic carbocycles. The molecule has 0 saturated carbocycles. The first-order valence-corrected chi connectivity index (χ1v) is 9.19. The number of hydrogen-bond acceptors (Lipinski definition) is 5. The fourth-order valence-corrected chi connectivity index (χ4v) is 2.71. The number of hydrogen-bond donors (Lipinski definition) is 2. The molecule has 0 aliphatic rings. The Bertz CT molecular complexity index is 926. The SMILES string of the molecule is COCCCNC(=O)c1cccc(Nc2cc(-c3ccc(C)cc3)ncn2)c1. The standard InChI is InChI=1S/C22H24N4O2/c1-16-7-9-17(10-8-16)20-14-21(25-15-24-20)26-19-6-3-5-18(13-19)22(27)23-11-4-12-28-2/h3,5-10,13-15H,4,11-12H2,1-2H3,(H,23,27)(H,24,25,26). The maximum atomic E-state index is 12.3. The van der Waals surface area contributed by atoms with E-state index in [1.54, 1.807) is 19.2 Å². The highest BCUT2D eigenvalue weighted by Crippen LogP contribution is 2.22. The van der Waals surface area contributed by atoms with Crippen LogP contribution in [0.25, 0.3) is 11.3 Å². The van der Waals surface area contributed by atoms with Crippen molar-refractivity contribution in [3.05, 3.63) is 72.1 Å². The Hall–Kier alpha value is -3.25. The Morgan fingerprint density at radius 3 is 2.68 bits per heavy atom. The molecule has 1 heterocycles. The van der Waals surface area contributed by atoms with E-state index in [4.69, 9.17) is 4.74 Å². The van der Waals surface area contributed by atoms with Gasteiger partial charge in [-0.2, -0.15) is 0 Å². The smallest absolute Gasteiger partial charge is 0.251 e. The maximum absolute atomic E-state index is 12.3. The van der Waals surface area contributed by atoms with Gasteiger partial charge in [0.05, 0.1) is 5.69 Å². The summed E-state index contributed by atoms with van der Waals surface area (Å²) in [6.07, 6.45) is 2.31. The minimum atomic E-state index is -0.109. The molecule has 28 heavy (non-hydrogen) atoms. The lowest BCUT2D eigenvalue weighted by Gasteiger charge is -2.09. The van der Waals surface area contributed by atoms with E-state index < -0.39 is 0 Å². The Morgan fingerprint density at radius 2 is 1.89 bits per heavy atom. The Balaban J connectivity index is 1.69. The van der Waals surface area contributed by atoms with E-state index in [0.29, 0.717) is 24.5 Å². The summed E-state index contributed by atoms with van der Waals surface area (Å²) >= 11 is 0. The van der Waals surface area contributed by atoms with Crippen LogP contribution in [-0.4, -0.2) is 36.1 Å². The first-order valence-electron chi connectivity index (χ1n) is 9.19. The summed E-state index contributed by atoms with van der Waals surface area (Å²) in [5.74, 6) is 0.561. The molecule has 0 saturated heterocycles. The van der Waals surface area contributed by atoms with Crippen molar-refractivity contribution in [1.82, 2.24) is 15.3 Å². The third-order valence-electron chi connectivity index (χ3n) is 4.22. The second-order valence-corrected chi connectivity index (χ2v) is 6.46. The summed E-state index contributed by atoms with van der Waals surface area (Å²) in [6, 6.07) is 17.4. The first kappa shape index (κ1) is 19.5. The number of ether oxygens (including phenoxy) is 1. The average Bonchev–Trinajstić information content (AvgIpc) is 2.72. The normalized spacial score (nSPS) is 10.5. The van der Waals surface area contributed by atoms with E-state index >= 15 is 0 Å². The Morgan fingerprint density at radius 1 is 1.07 bits per heavy atom. The number of benzene rings is 2. The van der Waals surface area contributed by atoms with Gasteiger partial charge in [-0.1, -0.05) is 35.9 Å². The molecule has 0 atom stereocenters. The van der Waals surface area contributed by atoms with Crippen LogP contribution < -0.4 is 10.6 Å². The lowest BCUT2D eigenvalue weighted by atomic mass is 10.1. The van der Waals surface area contributed by atoms with Gasteiger partial charge < -0.3 is 15.4 Å². The van der Waals surface area contributed by atoms with Gasteiger partial charge in [-0.3, -0.25) is 4.79 Å². The van der Waals surface area contributed by atoms with Gasteiger partial charge in [-0.25, -0.2) is 9.97 Å². The number of aromatic nitrogens is 2. The molecule has 6 nitrogen and oxygen atoms in total. The van der Waals surface area contributed by atoms with Crippen LogP contribution in [0.2, 0.25) is 0 Å². The second kappa shape index (κ2) is 9.62. The molecule has 3 rings (SSSR count). The van der Waals surface area contributed by atoms with Crippen molar-refractivity contribution in [3.8, 4) is 11.3 Å². The van der Waals surface area contributed by atoms with Gasteiger partial charge in [-0.15, -0.1) is 0 Å². The number of methoxy groups -OCH3 is 1. The summed E-state index contributed by atoms with van der Waals surface area (Å²) < 4.78 is 4.99. The zero-order valence-electron chi connectivity index (χ0n) is 16.1. The molecule has 1 aromatic heterocycles. The van der Waals surface area contributed by atoms with Crippen LogP contribution in [0.5, 0.6) is 0 Å². The first-order chi connectivity index (χ1) is 13.7. The molecule has 0 bridgehead atoms. The Kier molecular flexibility index (Phi) is 6.70. The fraction of sp³-hybridized carbons (Fsp3) is 0.227. The van der Waals surface area contributed by atoms with E-state index in [-0.39, 0.29) is 5.91 Å². The van der Waals surface area contributed by atoms with Crippen molar-refractivity contribution in [3.63, 3.8) is 0 Å². The van der Waals surface area contributed by atoms with Gasteiger partial charge in [0.1, 0.15) is 12.1 Å². The average molecular weight is 376 g/mol. The van der Waals surface area contributed by atoms with E-state index in [1.807, 2.05) is 30.3 Å². The van der Waals surface area contributed by atoms with E-state index in [0.717, 1.165) is 23.4 Å². The zero-order chi connectivity index (χ0) is 19.8. The number of anilines is 2. The molecule has 0 spiro atoms. The highest BCUT2D eigenvalue weighted by molar-refractivity contribution is 5.95. The van der Waals surface area contributed by atoms with Crippen molar-refractivity contribution >= 4 is 17.4 Å². The van der Waals surface area contributed by atoms with Crippen LogP contribution in [0.1, 0.15) is 22.3 Å². The van der Waals surface area contributed by atoms with Gasteiger partial charge in [0.15, 0.2) is 0 Å². The quantitative estimate of drug-likeness (QED) is 0.582. The predicted molar refractivity (Wildman–Crippen MR) is 111 cm³/mol. The second-order valence-electron chi connectivity index (χ2n) is 6.46. The number of aryl methyl sites for hydroxylation is 1. The molecule has 1 amide bonds. The van der Waals surface area contributed by atoms with E-state index in [9.17, 15) is 4.79 Å². The van der Waals surface area contributed by atoms with Gasteiger partial charge in [-0.05, 0) is 31.5 Å². The van der Waals surface area contributed by atoms with Crippen molar-refractivity contribution in [1.29, 1.82) is 0 Å². The largest absolute Gasteiger partial charge is 0.385 e. The molecule has 144 valence electrons. The van der Waals surface area contributed by atoms with E-state index in [2.05, 4.69) is 39.7 Å². The number of nitrogens with zero attached hydrogens (tertiary/aromatic N) is 2. The van der Waals surface area contributed by atoms with Crippen LogP contribution >= 0.6 is 0 Å². The molecule has 0 aliphatic heterocycles. The Labute approximate surface area is 165 Å². The van der Waals surface area contributed by atoms with Crippen molar-refractivity contribution in [2.45, 2.75) is 13.3 Å². The lowest BCUT2D eigenvalue weighted by Crippen LogP contribution is -2.25. The van der Waals surface area contributed by atoms with Crippen LogP contribution in [0, 0.1) is 6.92 Å². The van der Waals surface area contributed by atoms with Gasteiger partial charge in [0.2, 0.25) is 0 Å². The molecule has 0 radical (unpaired) electrons. The van der Waals surface area contributed by atoms with Gasteiger partial charge in [0.25, 0.3) is 5.91 Å². The van der Waals surface area contributed by atoms with Crippen LogP contribution in [-0.2, 0) is 4.74 Å². The number of carbonyl (C=O) groups excluding carboxylic acids is 1. The summed E-state index contributed by atoms with van der Waals surface area (Å²) in [6.45, 7) is 3.26. The molecular formula is C22H24N4O2. The highest BCUT2D eigenvalue weighted by atomic mass is 16.5. The van der Waals surface area contributed by atoms with Gasteiger partial charge in [0, 0.05) is 43.1 Å². The zero-order valence-corrected chi connectivity index (χ0v) is 16.1. The summed E-state index contributed by atoms with van der Waals surface area (Å²) in [5.41, 5.74) is 4.45. The molecule has 0 unspecified atom stereocenters. The van der Waals surface area contributed by atoms with E-state index in [1.165, 1.54) is 11.9 Å². The van der Waals surface area contributed by atoms with Gasteiger partial charge >= 0.3 is 0 Å². The predicted octanol–water partition coefficient (Wildman–Crippen LogP) is 3.96. The number of carbonyl (C=O) groups is 1. The number of rotatable bonds is 8. The molecule has 0 aliphatic carbocycles. The highest BCUT2D eigenvalue weighted by Gasteiger charge is 2.07. The van der Waals surface area contributed by atoms with Crippen molar-refractivity contribution < 1.29 is 9.53 Å². The van der Waals surface area contributed by atoms with Crippen LogP contribution in [0.15, 0.2) is 60.9 Å². The summed E-state index contributed by atoms with van der Waals surface area (Å²) in [4.78, 5) is 20.9. The minimum absolute atomic E-state index is 0.109. The fourth-order valence-electron chi connectivity index (χ4n) is 2.71. The number of nitrogens with one attached hydrogen (secondary N) is 2. The van der Waals surface area contributed by atoms with Crippen LogP contribution in [0.3, 0.4) is 0 Å². The summed E-state index contributed by atoms with van der Waals surface area (Å²) in [5, 5.41) is 6.13. The molecule has 0 fully saturated rings. The third-order valence-corrected chi connectivity index (χ3v) is 4.22. The molecular weight excluding hydrogens is 352 g/mol.